The molecule has 0 radical (unpaired) electrons. The van der Waals surface area contributed by atoms with Crippen molar-refractivity contribution < 1.29 is 0 Å². The van der Waals surface area contributed by atoms with Gasteiger partial charge < -0.3 is 11.1 Å². The normalized spacial score (nSPS) is 21.9. The van der Waals surface area contributed by atoms with Crippen LogP contribution in [0.5, 0.6) is 0 Å². The fourth-order valence-electron chi connectivity index (χ4n) is 1.52. The molecule has 1 aliphatic rings. The highest BCUT2D eigenvalue weighted by Crippen LogP contribution is 2.19. The maximum absolute atomic E-state index is 6.09. The Morgan fingerprint density at radius 3 is 2.79 bits per heavy atom. The molecule has 2 nitrogen and oxygen atoms in total. The van der Waals surface area contributed by atoms with Gasteiger partial charge in [0.2, 0.25) is 0 Å². The van der Waals surface area contributed by atoms with Crippen LogP contribution in [0.25, 0.3) is 0 Å². The number of benzene rings is 1. The van der Waals surface area contributed by atoms with Crippen LogP contribution in [-0.2, 0) is 6.42 Å². The Balaban J connectivity index is 1.91. The maximum atomic E-state index is 6.09. The second-order valence-corrected chi connectivity index (χ2v) is 4.43. The monoisotopic (exact) mass is 206 g/mol. The summed E-state index contributed by atoms with van der Waals surface area (Å²) in [4.78, 5) is 0. The zero-order chi connectivity index (χ0) is 9.80. The molecule has 1 heterocycles. The molecule has 1 aromatic carbocycles. The Kier molecular flexibility index (Phi) is 3.11. The minimum absolute atomic E-state index is 0.164. The summed E-state index contributed by atoms with van der Waals surface area (Å²) in [5.74, 6) is 0. The first-order chi connectivity index (χ1) is 6.86. The Labute approximate surface area is 88.6 Å². The number of nitrogens with one attached hydrogen (secondary N) is 1. The van der Waals surface area contributed by atoms with Gasteiger partial charge in [-0.1, -0.05) is 30.3 Å². The molecule has 14 heavy (non-hydrogen) atoms. The van der Waals surface area contributed by atoms with E-state index in [4.69, 9.17) is 5.73 Å². The Morgan fingerprint density at radius 1 is 1.36 bits per heavy atom. The van der Waals surface area contributed by atoms with E-state index in [2.05, 4.69) is 35.0 Å². The highest BCUT2D eigenvalue weighted by molar-refractivity contribution is 8.03. The zero-order valence-corrected chi connectivity index (χ0v) is 8.71. The second-order valence-electron chi connectivity index (χ2n) is 3.38. The van der Waals surface area contributed by atoms with Gasteiger partial charge in [0.1, 0.15) is 0 Å². The molecule has 2 atom stereocenters. The summed E-state index contributed by atoms with van der Waals surface area (Å²) in [6.45, 7) is 0. The molecule has 0 aromatic heterocycles. The van der Waals surface area contributed by atoms with E-state index in [1.807, 2.05) is 12.3 Å². The lowest BCUT2D eigenvalue weighted by molar-refractivity contribution is 0.599. The largest absolute Gasteiger partial charge is 0.377 e. The minimum Gasteiger partial charge on any atom is -0.377 e. The topological polar surface area (TPSA) is 38.0 Å². The van der Waals surface area contributed by atoms with Gasteiger partial charge in [0.25, 0.3) is 0 Å². The van der Waals surface area contributed by atoms with Gasteiger partial charge in [-0.2, -0.15) is 0 Å². The van der Waals surface area contributed by atoms with E-state index < -0.39 is 0 Å². The summed E-state index contributed by atoms with van der Waals surface area (Å²) >= 11 is 1.75. The molecule has 3 heteroatoms. The SMILES string of the molecule is NC(Cc1ccccc1)C1NC=CS1. The van der Waals surface area contributed by atoms with Crippen molar-refractivity contribution in [2.75, 3.05) is 0 Å². The van der Waals surface area contributed by atoms with Gasteiger partial charge in [0, 0.05) is 12.2 Å². The van der Waals surface area contributed by atoms with Gasteiger partial charge in [0.05, 0.1) is 5.37 Å². The molecule has 2 unspecified atom stereocenters. The van der Waals surface area contributed by atoms with Gasteiger partial charge in [-0.05, 0) is 17.4 Å². The van der Waals surface area contributed by atoms with Crippen molar-refractivity contribution in [3.8, 4) is 0 Å². The van der Waals surface area contributed by atoms with Crippen LogP contribution in [0.2, 0.25) is 0 Å². The first-order valence-electron chi connectivity index (χ1n) is 4.72. The number of hydrogen-bond acceptors (Lipinski definition) is 3. The molecule has 1 aromatic rings. The van der Waals surface area contributed by atoms with Crippen molar-refractivity contribution >= 4 is 11.8 Å². The van der Waals surface area contributed by atoms with E-state index in [9.17, 15) is 0 Å². The molecule has 0 fully saturated rings. The number of thioether (sulfide) groups is 1. The predicted molar refractivity (Wildman–Crippen MR) is 61.8 cm³/mol. The van der Waals surface area contributed by atoms with Crippen LogP contribution in [0.4, 0.5) is 0 Å². The summed E-state index contributed by atoms with van der Waals surface area (Å²) in [5.41, 5.74) is 7.39. The number of hydrogen-bond donors (Lipinski definition) is 2. The van der Waals surface area contributed by atoms with Crippen LogP contribution in [0.1, 0.15) is 5.56 Å². The van der Waals surface area contributed by atoms with Gasteiger partial charge >= 0.3 is 0 Å². The highest BCUT2D eigenvalue weighted by atomic mass is 32.2. The van der Waals surface area contributed by atoms with Crippen LogP contribution < -0.4 is 11.1 Å². The maximum Gasteiger partial charge on any atom is 0.0914 e. The molecule has 0 amide bonds. The van der Waals surface area contributed by atoms with Crippen molar-refractivity contribution in [2.45, 2.75) is 17.8 Å². The third-order valence-electron chi connectivity index (χ3n) is 2.26. The Hall–Kier alpha value is -0.930. The van der Waals surface area contributed by atoms with Crippen LogP contribution in [0.3, 0.4) is 0 Å². The molecular formula is C11H14N2S. The van der Waals surface area contributed by atoms with Crippen molar-refractivity contribution in [1.29, 1.82) is 0 Å². The second kappa shape index (κ2) is 4.53. The van der Waals surface area contributed by atoms with Crippen molar-refractivity contribution in [3.05, 3.63) is 47.5 Å². The summed E-state index contributed by atoms with van der Waals surface area (Å²) in [6.07, 6.45) is 2.88. The summed E-state index contributed by atoms with van der Waals surface area (Å²) in [7, 11) is 0. The zero-order valence-electron chi connectivity index (χ0n) is 7.89. The van der Waals surface area contributed by atoms with Crippen LogP contribution in [-0.4, -0.2) is 11.4 Å². The van der Waals surface area contributed by atoms with Crippen LogP contribution in [0.15, 0.2) is 41.9 Å². The molecule has 3 N–H and O–H groups in total. The number of nitrogens with two attached hydrogens (primary N) is 1. The van der Waals surface area contributed by atoms with Gasteiger partial charge in [-0.25, -0.2) is 0 Å². The smallest absolute Gasteiger partial charge is 0.0914 e. The van der Waals surface area contributed by atoms with Crippen LogP contribution in [0, 0.1) is 0 Å². The summed E-state index contributed by atoms with van der Waals surface area (Å²) in [5, 5.41) is 5.61. The molecular weight excluding hydrogens is 192 g/mol. The minimum atomic E-state index is 0.164. The molecule has 0 saturated carbocycles. The standard InChI is InChI=1S/C11H14N2S/c12-10(11-13-6-7-14-11)8-9-4-2-1-3-5-9/h1-7,10-11,13H,8,12H2. The lowest BCUT2D eigenvalue weighted by Gasteiger charge is -2.18. The van der Waals surface area contributed by atoms with Gasteiger partial charge in [0.15, 0.2) is 0 Å². The van der Waals surface area contributed by atoms with Gasteiger partial charge in [-0.3, -0.25) is 0 Å². The third kappa shape index (κ3) is 2.30. The van der Waals surface area contributed by atoms with E-state index in [0.29, 0.717) is 5.37 Å². The highest BCUT2D eigenvalue weighted by Gasteiger charge is 2.18. The van der Waals surface area contributed by atoms with E-state index in [-0.39, 0.29) is 6.04 Å². The van der Waals surface area contributed by atoms with Crippen LogP contribution >= 0.6 is 11.8 Å². The van der Waals surface area contributed by atoms with Gasteiger partial charge in [-0.15, -0.1) is 11.8 Å². The van der Waals surface area contributed by atoms with Crippen molar-refractivity contribution in [3.63, 3.8) is 0 Å². The summed E-state index contributed by atoms with van der Waals surface area (Å²) in [6, 6.07) is 10.5. The fraction of sp³-hybridized carbons (Fsp3) is 0.273. The molecule has 1 aliphatic heterocycles. The lowest BCUT2D eigenvalue weighted by Crippen LogP contribution is -2.40. The van der Waals surface area contributed by atoms with E-state index >= 15 is 0 Å². The fourth-order valence-corrected chi connectivity index (χ4v) is 2.30. The van der Waals surface area contributed by atoms with E-state index in [0.717, 1.165) is 6.42 Å². The third-order valence-corrected chi connectivity index (χ3v) is 3.33. The lowest BCUT2D eigenvalue weighted by atomic mass is 10.1. The van der Waals surface area contributed by atoms with Crippen molar-refractivity contribution in [2.24, 2.45) is 5.73 Å². The predicted octanol–water partition coefficient (Wildman–Crippen LogP) is 1.69. The molecule has 2 rings (SSSR count). The Bertz CT molecular complexity index is 302. The first kappa shape index (κ1) is 9.62. The first-order valence-corrected chi connectivity index (χ1v) is 5.66. The average Bonchev–Trinajstić information content (AvgIpc) is 2.72. The molecule has 0 saturated heterocycles. The van der Waals surface area contributed by atoms with E-state index in [1.165, 1.54) is 5.56 Å². The quantitative estimate of drug-likeness (QED) is 0.790. The van der Waals surface area contributed by atoms with Crippen molar-refractivity contribution in [1.82, 2.24) is 5.32 Å². The Morgan fingerprint density at radius 2 is 2.14 bits per heavy atom. The average molecular weight is 206 g/mol. The molecule has 74 valence electrons. The molecule has 0 aliphatic carbocycles. The number of rotatable bonds is 3. The summed E-state index contributed by atoms with van der Waals surface area (Å²) < 4.78 is 0. The molecule has 0 spiro atoms. The molecule has 0 bridgehead atoms. The van der Waals surface area contributed by atoms with E-state index in [1.54, 1.807) is 11.8 Å².